The van der Waals surface area contributed by atoms with Gasteiger partial charge in [-0.05, 0) is 48.3 Å². The van der Waals surface area contributed by atoms with Gasteiger partial charge < -0.3 is 4.90 Å². The topological polar surface area (TPSA) is 61.9 Å². The van der Waals surface area contributed by atoms with Crippen molar-refractivity contribution in [2.75, 3.05) is 6.54 Å². The van der Waals surface area contributed by atoms with Gasteiger partial charge in [-0.15, -0.1) is 0 Å². The summed E-state index contributed by atoms with van der Waals surface area (Å²) in [5.74, 6) is 0.135. The SMILES string of the molecule is CC1(C)CC2CC(C)(CN2C(=O)c2ccc3n[nH]nc3c2)C1. The number of fused-ring (bicyclic) bond motifs is 3. The van der Waals surface area contributed by atoms with Crippen molar-refractivity contribution in [1.82, 2.24) is 20.3 Å². The molecule has 1 amide bonds. The molecule has 5 heteroatoms. The summed E-state index contributed by atoms with van der Waals surface area (Å²) in [5, 5.41) is 10.7. The van der Waals surface area contributed by atoms with Crippen LogP contribution in [-0.2, 0) is 0 Å². The lowest BCUT2D eigenvalue weighted by Crippen LogP contribution is -2.37. The van der Waals surface area contributed by atoms with E-state index in [1.165, 1.54) is 6.42 Å². The van der Waals surface area contributed by atoms with E-state index in [2.05, 4.69) is 41.1 Å². The molecule has 1 saturated heterocycles. The van der Waals surface area contributed by atoms with Crippen LogP contribution in [0.25, 0.3) is 11.0 Å². The maximum atomic E-state index is 13.0. The Morgan fingerprint density at radius 2 is 2.00 bits per heavy atom. The van der Waals surface area contributed by atoms with E-state index in [1.54, 1.807) is 0 Å². The highest BCUT2D eigenvalue weighted by Gasteiger charge is 2.51. The van der Waals surface area contributed by atoms with Crippen molar-refractivity contribution in [2.45, 2.75) is 46.1 Å². The zero-order valence-corrected chi connectivity index (χ0v) is 13.4. The van der Waals surface area contributed by atoms with Crippen LogP contribution in [0.5, 0.6) is 0 Å². The van der Waals surface area contributed by atoms with E-state index in [9.17, 15) is 4.79 Å². The summed E-state index contributed by atoms with van der Waals surface area (Å²) in [6.45, 7) is 7.85. The molecule has 2 aliphatic rings. The van der Waals surface area contributed by atoms with Crippen molar-refractivity contribution in [3.63, 3.8) is 0 Å². The number of aromatic amines is 1. The predicted octanol–water partition coefficient (Wildman–Crippen LogP) is 3.00. The molecule has 1 saturated carbocycles. The normalized spacial score (nSPS) is 30.0. The molecule has 22 heavy (non-hydrogen) atoms. The lowest BCUT2D eigenvalue weighted by atomic mass is 9.65. The fourth-order valence-corrected chi connectivity index (χ4v) is 4.84. The maximum Gasteiger partial charge on any atom is 0.254 e. The first kappa shape index (κ1) is 13.7. The van der Waals surface area contributed by atoms with Crippen LogP contribution in [0.2, 0.25) is 0 Å². The Bertz CT molecular complexity index is 750. The highest BCUT2D eigenvalue weighted by molar-refractivity contribution is 5.97. The molecule has 0 radical (unpaired) electrons. The largest absolute Gasteiger partial charge is 0.335 e. The molecular formula is C17H22N4O. The van der Waals surface area contributed by atoms with Crippen molar-refractivity contribution in [1.29, 1.82) is 0 Å². The molecule has 2 heterocycles. The van der Waals surface area contributed by atoms with Gasteiger partial charge >= 0.3 is 0 Å². The van der Waals surface area contributed by atoms with Crippen LogP contribution >= 0.6 is 0 Å². The van der Waals surface area contributed by atoms with Crippen LogP contribution < -0.4 is 0 Å². The van der Waals surface area contributed by atoms with E-state index in [0.29, 0.717) is 11.5 Å². The fourth-order valence-electron chi connectivity index (χ4n) is 4.84. The van der Waals surface area contributed by atoms with Crippen molar-refractivity contribution in [3.8, 4) is 0 Å². The van der Waals surface area contributed by atoms with Crippen molar-refractivity contribution in [3.05, 3.63) is 23.8 Å². The Balaban J connectivity index is 1.65. The van der Waals surface area contributed by atoms with Gasteiger partial charge in [0.25, 0.3) is 5.91 Å². The molecule has 2 aromatic rings. The van der Waals surface area contributed by atoms with Gasteiger partial charge in [0, 0.05) is 18.2 Å². The number of rotatable bonds is 1. The number of nitrogens with one attached hydrogen (secondary N) is 1. The van der Waals surface area contributed by atoms with Crippen molar-refractivity contribution in [2.24, 2.45) is 10.8 Å². The standard InChI is InChI=1S/C17H22N4O/c1-16(2)7-12-8-17(3,9-16)10-21(12)15(22)11-4-5-13-14(6-11)19-20-18-13/h4-6,12H,7-10H2,1-3H3,(H,18,19,20). The lowest BCUT2D eigenvalue weighted by Gasteiger charge is -2.39. The molecule has 2 atom stereocenters. The van der Waals surface area contributed by atoms with Gasteiger partial charge in [0.1, 0.15) is 11.0 Å². The number of aromatic nitrogens is 3. The Morgan fingerprint density at radius 1 is 1.23 bits per heavy atom. The number of carbonyl (C=O) groups is 1. The first-order chi connectivity index (χ1) is 10.4. The number of amides is 1. The number of hydrogen-bond acceptors (Lipinski definition) is 3. The first-order valence-corrected chi connectivity index (χ1v) is 7.97. The van der Waals surface area contributed by atoms with Crippen LogP contribution in [-0.4, -0.2) is 38.8 Å². The molecule has 2 bridgehead atoms. The maximum absolute atomic E-state index is 13.0. The van der Waals surface area contributed by atoms with Gasteiger partial charge in [-0.3, -0.25) is 4.79 Å². The molecule has 1 aliphatic heterocycles. The van der Waals surface area contributed by atoms with Gasteiger partial charge in [0.15, 0.2) is 0 Å². The highest BCUT2D eigenvalue weighted by Crippen LogP contribution is 2.52. The zero-order valence-electron chi connectivity index (χ0n) is 13.4. The second-order valence-corrected chi connectivity index (χ2v) is 8.17. The fraction of sp³-hybridized carbons (Fsp3) is 0.588. The summed E-state index contributed by atoms with van der Waals surface area (Å²) in [6, 6.07) is 5.94. The molecule has 2 unspecified atom stereocenters. The summed E-state index contributed by atoms with van der Waals surface area (Å²) in [6.07, 6.45) is 3.43. The molecule has 4 rings (SSSR count). The molecule has 5 nitrogen and oxygen atoms in total. The minimum Gasteiger partial charge on any atom is -0.335 e. The van der Waals surface area contributed by atoms with Crippen LogP contribution in [0.15, 0.2) is 18.2 Å². The molecule has 1 N–H and O–H groups in total. The van der Waals surface area contributed by atoms with Gasteiger partial charge in [0.05, 0.1) is 0 Å². The summed E-state index contributed by atoms with van der Waals surface area (Å²) in [5.41, 5.74) is 2.85. The molecule has 2 fully saturated rings. The van der Waals surface area contributed by atoms with Gasteiger partial charge in [0.2, 0.25) is 0 Å². The Labute approximate surface area is 130 Å². The lowest BCUT2D eigenvalue weighted by molar-refractivity contribution is 0.0708. The summed E-state index contributed by atoms with van der Waals surface area (Å²) in [4.78, 5) is 15.1. The Morgan fingerprint density at radius 3 is 2.82 bits per heavy atom. The quantitative estimate of drug-likeness (QED) is 0.880. The second-order valence-electron chi connectivity index (χ2n) is 8.17. The van der Waals surface area contributed by atoms with E-state index in [4.69, 9.17) is 0 Å². The van der Waals surface area contributed by atoms with E-state index in [-0.39, 0.29) is 11.3 Å². The third-order valence-electron chi connectivity index (χ3n) is 5.24. The van der Waals surface area contributed by atoms with E-state index >= 15 is 0 Å². The molecule has 1 aromatic heterocycles. The second kappa shape index (κ2) is 4.31. The van der Waals surface area contributed by atoms with Crippen molar-refractivity contribution < 1.29 is 4.79 Å². The third kappa shape index (κ3) is 2.11. The molecule has 0 spiro atoms. The zero-order chi connectivity index (χ0) is 15.5. The van der Waals surface area contributed by atoms with Gasteiger partial charge in [-0.1, -0.05) is 20.8 Å². The molecule has 1 aliphatic carbocycles. The average Bonchev–Trinajstić information content (AvgIpc) is 2.97. The number of hydrogen-bond donors (Lipinski definition) is 1. The minimum absolute atomic E-state index is 0.135. The third-order valence-corrected chi connectivity index (χ3v) is 5.24. The smallest absolute Gasteiger partial charge is 0.254 e. The summed E-state index contributed by atoms with van der Waals surface area (Å²) >= 11 is 0. The number of likely N-dealkylation sites (tertiary alicyclic amines) is 1. The van der Waals surface area contributed by atoms with E-state index < -0.39 is 0 Å². The molecular weight excluding hydrogens is 276 g/mol. The molecule has 1 aromatic carbocycles. The van der Waals surface area contributed by atoms with E-state index in [0.717, 1.165) is 36.0 Å². The van der Waals surface area contributed by atoms with Crippen LogP contribution in [0.3, 0.4) is 0 Å². The van der Waals surface area contributed by atoms with Crippen LogP contribution in [0, 0.1) is 10.8 Å². The number of H-pyrrole nitrogens is 1. The number of nitrogens with zero attached hydrogens (tertiary/aromatic N) is 3. The van der Waals surface area contributed by atoms with Crippen LogP contribution in [0.1, 0.15) is 50.4 Å². The van der Waals surface area contributed by atoms with Crippen molar-refractivity contribution >= 4 is 16.9 Å². The number of benzene rings is 1. The number of carbonyl (C=O) groups excluding carboxylic acids is 1. The van der Waals surface area contributed by atoms with E-state index in [1.807, 2.05) is 18.2 Å². The van der Waals surface area contributed by atoms with Crippen LogP contribution in [0.4, 0.5) is 0 Å². The van der Waals surface area contributed by atoms with Gasteiger partial charge in [-0.2, -0.15) is 15.4 Å². The monoisotopic (exact) mass is 298 g/mol. The molecule has 116 valence electrons. The minimum atomic E-state index is 0.135. The van der Waals surface area contributed by atoms with Gasteiger partial charge in [-0.25, -0.2) is 0 Å². The highest BCUT2D eigenvalue weighted by atomic mass is 16.2. The average molecular weight is 298 g/mol. The Kier molecular flexibility index (Phi) is 2.69. The predicted molar refractivity (Wildman–Crippen MR) is 84.5 cm³/mol. The first-order valence-electron chi connectivity index (χ1n) is 7.97. The Hall–Kier alpha value is -1.91. The summed E-state index contributed by atoms with van der Waals surface area (Å²) < 4.78 is 0. The summed E-state index contributed by atoms with van der Waals surface area (Å²) in [7, 11) is 0.